The zero-order chi connectivity index (χ0) is 17.7. The number of piperidine rings is 1. The topological polar surface area (TPSA) is 83.9 Å². The molecule has 2 rings (SSSR count). The summed E-state index contributed by atoms with van der Waals surface area (Å²) in [4.78, 5) is 13.2. The maximum absolute atomic E-state index is 12.8. The molecule has 1 aromatic rings. The predicted octanol–water partition coefficient (Wildman–Crippen LogP) is 2.19. The van der Waals surface area contributed by atoms with Gasteiger partial charge in [-0.15, -0.1) is 0 Å². The predicted molar refractivity (Wildman–Crippen MR) is 91.1 cm³/mol. The summed E-state index contributed by atoms with van der Waals surface area (Å²) in [5.41, 5.74) is 0. The number of sulfone groups is 1. The fraction of sp³-hybridized carbons (Fsp3) is 0.588. The van der Waals surface area contributed by atoms with E-state index in [-0.39, 0.29) is 11.3 Å². The molecule has 2 unspecified atom stereocenters. The molecule has 1 N–H and O–H groups in total. The molecule has 0 amide bonds. The summed E-state index contributed by atoms with van der Waals surface area (Å²) in [5.74, 6) is -0.328. The molecule has 0 saturated carbocycles. The van der Waals surface area contributed by atoms with E-state index in [1.54, 1.807) is 36.2 Å². The van der Waals surface area contributed by atoms with Gasteiger partial charge in [0, 0.05) is 0 Å². The maximum Gasteiger partial charge on any atom is 0.320 e. The molecule has 1 aliphatic rings. The van der Waals surface area contributed by atoms with Crippen LogP contribution in [-0.2, 0) is 14.6 Å². The van der Waals surface area contributed by atoms with Crippen LogP contribution in [0.1, 0.15) is 32.6 Å². The number of carbonyl (C=O) groups is 1. The summed E-state index contributed by atoms with van der Waals surface area (Å²) in [7, 11) is -1.83. The number of unbranched alkanes of at least 4 members (excludes halogenated alkanes) is 1. The van der Waals surface area contributed by atoms with Crippen molar-refractivity contribution in [2.45, 2.75) is 48.8 Å². The van der Waals surface area contributed by atoms with Crippen LogP contribution >= 0.6 is 0 Å². The second-order valence-corrected chi connectivity index (χ2v) is 8.43. The van der Waals surface area contributed by atoms with Gasteiger partial charge in [-0.2, -0.15) is 0 Å². The number of nitrogens with zero attached hydrogens (tertiary/aromatic N) is 1. The molecule has 1 fully saturated rings. The van der Waals surface area contributed by atoms with Crippen molar-refractivity contribution >= 4 is 15.8 Å². The van der Waals surface area contributed by atoms with Gasteiger partial charge in [0.05, 0.1) is 16.8 Å². The van der Waals surface area contributed by atoms with E-state index in [0.29, 0.717) is 25.3 Å². The number of aliphatic carboxylic acids is 1. The Balaban J connectivity index is 2.10. The number of benzene rings is 1. The monoisotopic (exact) mass is 355 g/mol. The summed E-state index contributed by atoms with van der Waals surface area (Å²) >= 11 is 0. The lowest BCUT2D eigenvalue weighted by Gasteiger charge is -2.34. The minimum absolute atomic E-state index is 0.114. The quantitative estimate of drug-likeness (QED) is 0.755. The van der Waals surface area contributed by atoms with Crippen LogP contribution in [0.4, 0.5) is 0 Å². The van der Waals surface area contributed by atoms with Crippen molar-refractivity contribution < 1.29 is 23.1 Å². The fourth-order valence-corrected chi connectivity index (χ4v) is 4.63. The van der Waals surface area contributed by atoms with E-state index >= 15 is 0 Å². The summed E-state index contributed by atoms with van der Waals surface area (Å²) < 4.78 is 31.1. The van der Waals surface area contributed by atoms with Crippen LogP contribution in [0.2, 0.25) is 0 Å². The van der Waals surface area contributed by atoms with Crippen molar-refractivity contribution in [1.82, 2.24) is 4.90 Å². The van der Waals surface area contributed by atoms with Gasteiger partial charge in [-0.3, -0.25) is 9.69 Å². The fourth-order valence-electron chi connectivity index (χ4n) is 2.87. The Morgan fingerprint density at radius 3 is 2.58 bits per heavy atom. The highest BCUT2D eigenvalue weighted by Crippen LogP contribution is 2.28. The van der Waals surface area contributed by atoms with Gasteiger partial charge in [0.25, 0.3) is 0 Å². The Morgan fingerprint density at radius 2 is 2.00 bits per heavy atom. The zero-order valence-electron chi connectivity index (χ0n) is 14.1. The van der Waals surface area contributed by atoms with E-state index in [4.69, 9.17) is 4.74 Å². The van der Waals surface area contributed by atoms with E-state index in [0.717, 1.165) is 12.8 Å². The summed E-state index contributed by atoms with van der Waals surface area (Å²) in [6, 6.07) is 5.66. The maximum atomic E-state index is 12.8. The molecule has 0 aromatic heterocycles. The molecule has 24 heavy (non-hydrogen) atoms. The summed E-state index contributed by atoms with van der Waals surface area (Å²) in [6.07, 6.45) is 2.54. The normalized spacial score (nSPS) is 22.2. The van der Waals surface area contributed by atoms with Crippen molar-refractivity contribution in [2.75, 3.05) is 20.2 Å². The Hall–Kier alpha value is -1.60. The third-order valence-corrected chi connectivity index (χ3v) is 6.70. The molecule has 1 aromatic carbocycles. The lowest BCUT2D eigenvalue weighted by Crippen LogP contribution is -2.48. The van der Waals surface area contributed by atoms with E-state index in [1.807, 2.05) is 0 Å². The Bertz CT molecular complexity index is 656. The zero-order valence-corrected chi connectivity index (χ0v) is 15.0. The smallest absolute Gasteiger partial charge is 0.320 e. The van der Waals surface area contributed by atoms with E-state index in [2.05, 4.69) is 6.92 Å². The van der Waals surface area contributed by atoms with Gasteiger partial charge < -0.3 is 9.84 Å². The van der Waals surface area contributed by atoms with Gasteiger partial charge in [-0.25, -0.2) is 8.42 Å². The molecule has 1 heterocycles. The minimum Gasteiger partial charge on any atom is -0.494 e. The molecule has 0 aliphatic carbocycles. The van der Waals surface area contributed by atoms with Gasteiger partial charge in [0.2, 0.25) is 0 Å². The second-order valence-electron chi connectivity index (χ2n) is 6.20. The Labute approximate surface area is 143 Å². The first-order valence-corrected chi connectivity index (χ1v) is 9.80. The molecular formula is C17H25NO5S. The van der Waals surface area contributed by atoms with Crippen LogP contribution in [-0.4, -0.2) is 55.9 Å². The summed E-state index contributed by atoms with van der Waals surface area (Å²) in [5, 5.41) is 8.58. The van der Waals surface area contributed by atoms with Crippen molar-refractivity contribution in [2.24, 2.45) is 0 Å². The standard InChI is InChI=1S/C17H25NO5S/c1-3-4-11-23-13-5-7-14(8-6-13)24(21,22)15-9-10-18(2)16(12-15)17(19)20/h5-8,15-16H,3-4,9-12H2,1-2H3,(H,19,20). The molecule has 1 aliphatic heterocycles. The molecule has 1 saturated heterocycles. The van der Waals surface area contributed by atoms with Crippen LogP contribution in [0, 0.1) is 0 Å². The van der Waals surface area contributed by atoms with Crippen LogP contribution < -0.4 is 4.74 Å². The number of ether oxygens (including phenoxy) is 1. The van der Waals surface area contributed by atoms with Crippen molar-refractivity contribution in [1.29, 1.82) is 0 Å². The van der Waals surface area contributed by atoms with Crippen molar-refractivity contribution in [3.8, 4) is 5.75 Å². The molecular weight excluding hydrogens is 330 g/mol. The molecule has 7 heteroatoms. The third-order valence-electron chi connectivity index (χ3n) is 4.46. The number of rotatable bonds is 7. The Kier molecular flexibility index (Phi) is 6.23. The van der Waals surface area contributed by atoms with Crippen molar-refractivity contribution in [3.63, 3.8) is 0 Å². The lowest BCUT2D eigenvalue weighted by atomic mass is 10.0. The van der Waals surface area contributed by atoms with Gasteiger partial charge in [0.15, 0.2) is 9.84 Å². The average Bonchev–Trinajstić information content (AvgIpc) is 2.55. The number of hydrogen-bond acceptors (Lipinski definition) is 5. The molecule has 2 atom stereocenters. The van der Waals surface area contributed by atoms with Crippen LogP contribution in [0.15, 0.2) is 29.2 Å². The first-order chi connectivity index (χ1) is 11.4. The number of carboxylic acids is 1. The SMILES string of the molecule is CCCCOc1ccc(S(=O)(=O)C2CCN(C)C(C(=O)O)C2)cc1. The molecule has 6 nitrogen and oxygen atoms in total. The number of likely N-dealkylation sites (N-methyl/N-ethyl adjacent to an activating group) is 1. The van der Waals surface area contributed by atoms with E-state index in [9.17, 15) is 18.3 Å². The molecule has 0 bridgehead atoms. The first kappa shape index (κ1) is 18.7. The lowest BCUT2D eigenvalue weighted by molar-refractivity contribution is -0.143. The second kappa shape index (κ2) is 7.98. The largest absolute Gasteiger partial charge is 0.494 e. The Morgan fingerprint density at radius 1 is 1.33 bits per heavy atom. The highest BCUT2D eigenvalue weighted by Gasteiger charge is 2.38. The first-order valence-electron chi connectivity index (χ1n) is 8.26. The highest BCUT2D eigenvalue weighted by molar-refractivity contribution is 7.92. The van der Waals surface area contributed by atoms with Gasteiger partial charge in [-0.1, -0.05) is 13.3 Å². The third kappa shape index (κ3) is 4.27. The van der Waals surface area contributed by atoms with Crippen molar-refractivity contribution in [3.05, 3.63) is 24.3 Å². The van der Waals surface area contributed by atoms with E-state index in [1.165, 1.54) is 0 Å². The minimum atomic E-state index is -3.54. The van der Waals surface area contributed by atoms with Gasteiger partial charge in [-0.05, 0) is 57.1 Å². The molecule has 0 radical (unpaired) electrons. The number of carboxylic acid groups (broad SMARTS) is 1. The van der Waals surface area contributed by atoms with Crippen LogP contribution in [0.3, 0.4) is 0 Å². The van der Waals surface area contributed by atoms with E-state index < -0.39 is 27.1 Å². The average molecular weight is 355 g/mol. The molecule has 134 valence electrons. The van der Waals surface area contributed by atoms with Gasteiger partial charge in [0.1, 0.15) is 11.8 Å². The van der Waals surface area contributed by atoms with Crippen LogP contribution in [0.5, 0.6) is 5.75 Å². The van der Waals surface area contributed by atoms with Gasteiger partial charge >= 0.3 is 5.97 Å². The van der Waals surface area contributed by atoms with Crippen LogP contribution in [0.25, 0.3) is 0 Å². The molecule has 0 spiro atoms. The number of hydrogen-bond donors (Lipinski definition) is 1. The number of likely N-dealkylation sites (tertiary alicyclic amines) is 1. The highest BCUT2D eigenvalue weighted by atomic mass is 32.2. The summed E-state index contributed by atoms with van der Waals surface area (Å²) in [6.45, 7) is 3.14.